The zero-order valence-electron chi connectivity index (χ0n) is 17.6. The van der Waals surface area contributed by atoms with Gasteiger partial charge < -0.3 is 23.7 Å². The van der Waals surface area contributed by atoms with E-state index in [1.54, 1.807) is 0 Å². The fourth-order valence-corrected chi connectivity index (χ4v) is 3.86. The third kappa shape index (κ3) is 5.25. The molecule has 0 aliphatic carbocycles. The molecule has 0 spiro atoms. The fraction of sp³-hybridized carbons (Fsp3) is 0.478. The molecule has 2 aromatic carbocycles. The van der Waals surface area contributed by atoms with Gasteiger partial charge in [-0.25, -0.2) is 0 Å². The molecule has 0 aromatic heterocycles. The summed E-state index contributed by atoms with van der Waals surface area (Å²) in [5.74, 6) is 0. The van der Waals surface area contributed by atoms with E-state index in [0.29, 0.717) is 13.2 Å². The highest BCUT2D eigenvalue weighted by Gasteiger charge is 2.51. The second-order valence-electron chi connectivity index (χ2n) is 7.86. The number of nitrogens with zero attached hydrogens (tertiary/aromatic N) is 3. The first-order chi connectivity index (χ1) is 15.2. The van der Waals surface area contributed by atoms with E-state index >= 15 is 0 Å². The molecule has 8 heteroatoms. The van der Waals surface area contributed by atoms with E-state index in [2.05, 4.69) is 10.0 Å². The van der Waals surface area contributed by atoms with Crippen molar-refractivity contribution < 1.29 is 23.7 Å². The Kier molecular flexibility index (Phi) is 7.19. The van der Waals surface area contributed by atoms with Crippen molar-refractivity contribution in [3.8, 4) is 0 Å². The van der Waals surface area contributed by atoms with E-state index in [9.17, 15) is 5.53 Å². The van der Waals surface area contributed by atoms with E-state index < -0.39 is 36.9 Å². The largest absolute Gasteiger partial charge is 0.370 e. The minimum atomic E-state index is -0.751. The maximum absolute atomic E-state index is 9.23. The molecule has 31 heavy (non-hydrogen) atoms. The number of hydrogen-bond acceptors (Lipinski definition) is 6. The summed E-state index contributed by atoms with van der Waals surface area (Å²) in [7, 11) is 0. The lowest BCUT2D eigenvalue weighted by Gasteiger charge is -2.48. The van der Waals surface area contributed by atoms with Gasteiger partial charge in [-0.05, 0) is 24.9 Å². The molecule has 2 aromatic rings. The Morgan fingerprint density at radius 1 is 1.06 bits per heavy atom. The Labute approximate surface area is 181 Å². The standard InChI is InChI=1S/C23H27N3O5/c1-15(2)29-23-19(25-26-24)21(27-13-16-9-5-3-6-10-16)20-18(30-23)14-28-22(31-20)17-11-7-4-8-12-17/h3-12,15,18-23H,13-14H2,1-2H3/t18-,19-,20-,21-,22-,23+/m1/s1. The quantitative estimate of drug-likeness (QED) is 0.369. The molecule has 0 radical (unpaired) electrons. The third-order valence-electron chi connectivity index (χ3n) is 5.26. The van der Waals surface area contributed by atoms with Gasteiger partial charge in [0.05, 0.1) is 19.3 Å². The number of ether oxygens (including phenoxy) is 5. The summed E-state index contributed by atoms with van der Waals surface area (Å²) in [5, 5.41) is 3.99. The van der Waals surface area contributed by atoms with Crippen molar-refractivity contribution in [2.75, 3.05) is 6.61 Å². The van der Waals surface area contributed by atoms with Crippen LogP contribution in [0.15, 0.2) is 65.8 Å². The lowest BCUT2D eigenvalue weighted by atomic mass is 9.95. The predicted octanol–water partition coefficient (Wildman–Crippen LogP) is 4.51. The first kappa shape index (κ1) is 21.8. The first-order valence-electron chi connectivity index (χ1n) is 10.5. The molecule has 0 unspecified atom stereocenters. The molecular formula is C23H27N3O5. The van der Waals surface area contributed by atoms with Gasteiger partial charge in [0, 0.05) is 10.5 Å². The Morgan fingerprint density at radius 2 is 1.77 bits per heavy atom. The maximum Gasteiger partial charge on any atom is 0.184 e. The zero-order valence-corrected chi connectivity index (χ0v) is 17.6. The van der Waals surface area contributed by atoms with Crippen molar-refractivity contribution >= 4 is 0 Å². The van der Waals surface area contributed by atoms with E-state index in [-0.39, 0.29) is 6.10 Å². The van der Waals surface area contributed by atoms with Crippen LogP contribution in [0.25, 0.3) is 10.4 Å². The predicted molar refractivity (Wildman–Crippen MR) is 113 cm³/mol. The smallest absolute Gasteiger partial charge is 0.184 e. The van der Waals surface area contributed by atoms with Crippen molar-refractivity contribution in [2.24, 2.45) is 5.11 Å². The molecule has 0 saturated carbocycles. The van der Waals surface area contributed by atoms with Gasteiger partial charge in [0.2, 0.25) is 0 Å². The summed E-state index contributed by atoms with van der Waals surface area (Å²) in [6, 6.07) is 18.8. The molecule has 0 N–H and O–H groups in total. The van der Waals surface area contributed by atoms with Gasteiger partial charge in [-0.1, -0.05) is 65.8 Å². The molecule has 2 fully saturated rings. The number of hydrogen-bond donors (Lipinski definition) is 0. The summed E-state index contributed by atoms with van der Waals surface area (Å²) >= 11 is 0. The van der Waals surface area contributed by atoms with Gasteiger partial charge in [0.25, 0.3) is 0 Å². The molecular weight excluding hydrogens is 398 g/mol. The fourth-order valence-electron chi connectivity index (χ4n) is 3.86. The molecule has 2 heterocycles. The van der Waals surface area contributed by atoms with E-state index in [1.807, 2.05) is 74.5 Å². The van der Waals surface area contributed by atoms with Crippen molar-refractivity contribution in [2.45, 2.75) is 63.5 Å². The van der Waals surface area contributed by atoms with Crippen LogP contribution in [0.1, 0.15) is 31.3 Å². The summed E-state index contributed by atoms with van der Waals surface area (Å²) in [6.07, 6.45) is -2.87. The highest BCUT2D eigenvalue weighted by molar-refractivity contribution is 5.17. The number of fused-ring (bicyclic) bond motifs is 1. The number of azide groups is 1. The topological polar surface area (TPSA) is 94.9 Å². The van der Waals surface area contributed by atoms with Crippen molar-refractivity contribution in [3.63, 3.8) is 0 Å². The van der Waals surface area contributed by atoms with Crippen LogP contribution < -0.4 is 0 Å². The molecule has 0 bridgehead atoms. The van der Waals surface area contributed by atoms with Crippen LogP contribution in [-0.4, -0.2) is 43.4 Å². The highest BCUT2D eigenvalue weighted by Crippen LogP contribution is 2.37. The average Bonchev–Trinajstić information content (AvgIpc) is 2.79. The SMILES string of the molecule is CC(C)O[C@H]1O[C@@H]2CO[C@@H](c3ccccc3)O[C@H]2[C@H](OCc2ccccc2)[C@H]1N=[N+]=[N-]. The van der Waals surface area contributed by atoms with Gasteiger partial charge in [-0.3, -0.25) is 0 Å². The number of rotatable bonds is 7. The molecule has 2 aliphatic rings. The lowest BCUT2D eigenvalue weighted by molar-refractivity contribution is -0.350. The number of benzene rings is 2. The van der Waals surface area contributed by atoms with Gasteiger partial charge >= 0.3 is 0 Å². The van der Waals surface area contributed by atoms with Crippen LogP contribution in [0.3, 0.4) is 0 Å². The molecule has 4 rings (SSSR count). The summed E-state index contributed by atoms with van der Waals surface area (Å²) in [5.41, 5.74) is 11.1. The molecule has 0 amide bonds. The van der Waals surface area contributed by atoms with Gasteiger partial charge in [-0.2, -0.15) is 0 Å². The van der Waals surface area contributed by atoms with E-state index in [0.717, 1.165) is 11.1 Å². The summed E-state index contributed by atoms with van der Waals surface area (Å²) < 4.78 is 30.6. The molecule has 164 valence electrons. The van der Waals surface area contributed by atoms with Crippen molar-refractivity contribution in [3.05, 3.63) is 82.2 Å². The molecule has 8 nitrogen and oxygen atoms in total. The average molecular weight is 425 g/mol. The summed E-state index contributed by atoms with van der Waals surface area (Å²) in [4.78, 5) is 3.04. The van der Waals surface area contributed by atoms with E-state index in [1.165, 1.54) is 0 Å². The van der Waals surface area contributed by atoms with Crippen LogP contribution >= 0.6 is 0 Å². The van der Waals surface area contributed by atoms with Crippen molar-refractivity contribution in [1.29, 1.82) is 0 Å². The van der Waals surface area contributed by atoms with Crippen LogP contribution in [-0.2, 0) is 30.3 Å². The Bertz CT molecular complexity index is 875. The second kappa shape index (κ2) is 10.2. The van der Waals surface area contributed by atoms with Gasteiger partial charge in [0.15, 0.2) is 12.6 Å². The maximum atomic E-state index is 9.23. The Morgan fingerprint density at radius 3 is 2.45 bits per heavy atom. The third-order valence-corrected chi connectivity index (χ3v) is 5.26. The van der Waals surface area contributed by atoms with Gasteiger partial charge in [0.1, 0.15) is 24.4 Å². The minimum Gasteiger partial charge on any atom is -0.370 e. The van der Waals surface area contributed by atoms with Crippen LogP contribution in [0, 0.1) is 0 Å². The van der Waals surface area contributed by atoms with Crippen LogP contribution in [0.2, 0.25) is 0 Å². The second-order valence-corrected chi connectivity index (χ2v) is 7.86. The minimum absolute atomic E-state index is 0.116. The molecule has 6 atom stereocenters. The normalized spacial score (nSPS) is 30.4. The lowest BCUT2D eigenvalue weighted by Crippen LogP contribution is -2.62. The first-order valence-corrected chi connectivity index (χ1v) is 10.5. The molecule has 2 aliphatic heterocycles. The Hall–Kier alpha value is -2.45. The molecule has 2 saturated heterocycles. The highest BCUT2D eigenvalue weighted by atomic mass is 16.8. The monoisotopic (exact) mass is 425 g/mol. The van der Waals surface area contributed by atoms with Crippen LogP contribution in [0.5, 0.6) is 0 Å². The zero-order chi connectivity index (χ0) is 21.6. The van der Waals surface area contributed by atoms with Gasteiger partial charge in [-0.15, -0.1) is 0 Å². The van der Waals surface area contributed by atoms with E-state index in [4.69, 9.17) is 23.7 Å². The Balaban J connectivity index is 1.60. The van der Waals surface area contributed by atoms with Crippen molar-refractivity contribution in [1.82, 2.24) is 0 Å². The van der Waals surface area contributed by atoms with Crippen LogP contribution in [0.4, 0.5) is 0 Å². The summed E-state index contributed by atoms with van der Waals surface area (Å²) in [6.45, 7) is 4.47.